The monoisotopic (exact) mass is 297 g/mol. The van der Waals surface area contributed by atoms with Crippen LogP contribution in [0.4, 0.5) is 0 Å². The summed E-state index contributed by atoms with van der Waals surface area (Å²) >= 11 is 0. The van der Waals surface area contributed by atoms with E-state index in [4.69, 9.17) is 0 Å². The lowest BCUT2D eigenvalue weighted by atomic mass is 10.0. The lowest BCUT2D eigenvalue weighted by molar-refractivity contribution is 0.0949. The summed E-state index contributed by atoms with van der Waals surface area (Å²) in [6.07, 6.45) is 2.19. The van der Waals surface area contributed by atoms with Crippen LogP contribution >= 0.6 is 0 Å². The normalized spacial score (nSPS) is 14.4. The van der Waals surface area contributed by atoms with E-state index in [1.54, 1.807) is 0 Å². The highest BCUT2D eigenvalue weighted by Crippen LogP contribution is 2.25. The average Bonchev–Trinajstić information content (AvgIpc) is 3.22. The number of amides is 1. The summed E-state index contributed by atoms with van der Waals surface area (Å²) in [4.78, 5) is 12.5. The Labute approximate surface area is 131 Å². The molecule has 2 aromatic rings. The Kier molecular flexibility index (Phi) is 4.01. The van der Waals surface area contributed by atoms with E-state index in [-0.39, 0.29) is 11.8 Å². The van der Waals surface area contributed by atoms with Crippen molar-refractivity contribution in [3.8, 4) is 0 Å². The first kappa shape index (κ1) is 14.8. The number of aryl methyl sites for hydroxylation is 1. The van der Waals surface area contributed by atoms with Gasteiger partial charge in [-0.15, -0.1) is 0 Å². The zero-order chi connectivity index (χ0) is 15.7. The second-order valence-electron chi connectivity index (χ2n) is 6.39. The smallest absolute Gasteiger partial charge is 0.255 e. The molecule has 0 aliphatic heterocycles. The lowest BCUT2D eigenvalue weighted by Crippen LogP contribution is -2.27. The van der Waals surface area contributed by atoms with E-state index in [1.807, 2.05) is 29.8 Å². The number of aromatic nitrogens is 2. The minimum atomic E-state index is 0.0306. The van der Waals surface area contributed by atoms with Gasteiger partial charge in [0, 0.05) is 6.04 Å². The van der Waals surface area contributed by atoms with Crippen molar-refractivity contribution in [3.63, 3.8) is 0 Å². The maximum Gasteiger partial charge on any atom is 0.255 e. The van der Waals surface area contributed by atoms with Gasteiger partial charge in [-0.25, -0.2) is 0 Å². The van der Waals surface area contributed by atoms with Gasteiger partial charge >= 0.3 is 0 Å². The number of benzene rings is 1. The third-order valence-electron chi connectivity index (χ3n) is 4.03. The van der Waals surface area contributed by atoms with Crippen LogP contribution in [0.15, 0.2) is 30.3 Å². The van der Waals surface area contributed by atoms with Crippen LogP contribution in [0.1, 0.15) is 59.9 Å². The summed E-state index contributed by atoms with van der Waals surface area (Å²) < 4.78 is 1.98. The minimum Gasteiger partial charge on any atom is -0.349 e. The fourth-order valence-electron chi connectivity index (χ4n) is 2.83. The molecule has 1 amide bonds. The fraction of sp³-hybridized carbons (Fsp3) is 0.444. The van der Waals surface area contributed by atoms with Gasteiger partial charge < -0.3 is 5.32 Å². The van der Waals surface area contributed by atoms with Crippen LogP contribution < -0.4 is 5.32 Å². The molecule has 1 heterocycles. The van der Waals surface area contributed by atoms with Gasteiger partial charge in [-0.3, -0.25) is 9.48 Å². The quantitative estimate of drug-likeness (QED) is 0.921. The zero-order valence-corrected chi connectivity index (χ0v) is 13.5. The van der Waals surface area contributed by atoms with Crippen molar-refractivity contribution in [2.24, 2.45) is 0 Å². The van der Waals surface area contributed by atoms with Crippen LogP contribution in [0, 0.1) is 6.92 Å². The standard InChI is InChI=1S/C18H23N3O/c1-12(2)17-16(18(22)19-15-9-10-15)13(3)20-21(17)11-14-7-5-4-6-8-14/h4-8,12,15H,9-11H2,1-3H3,(H,19,22). The van der Waals surface area contributed by atoms with E-state index >= 15 is 0 Å². The molecular weight excluding hydrogens is 274 g/mol. The Bertz CT molecular complexity index is 669. The van der Waals surface area contributed by atoms with Gasteiger partial charge in [0.05, 0.1) is 23.5 Å². The minimum absolute atomic E-state index is 0.0306. The Morgan fingerprint density at radius 2 is 2.00 bits per heavy atom. The van der Waals surface area contributed by atoms with Crippen molar-refractivity contribution in [3.05, 3.63) is 52.8 Å². The van der Waals surface area contributed by atoms with Gasteiger partial charge in [0.25, 0.3) is 5.91 Å². The molecule has 4 heteroatoms. The number of nitrogens with one attached hydrogen (secondary N) is 1. The van der Waals surface area contributed by atoms with Crippen LogP contribution in [-0.2, 0) is 6.54 Å². The molecule has 1 saturated carbocycles. The molecular formula is C18H23N3O. The molecule has 0 radical (unpaired) electrons. The highest BCUT2D eigenvalue weighted by molar-refractivity contribution is 5.97. The SMILES string of the molecule is Cc1nn(Cc2ccccc2)c(C(C)C)c1C(=O)NC1CC1. The van der Waals surface area contributed by atoms with Crippen LogP contribution in [-0.4, -0.2) is 21.7 Å². The van der Waals surface area contributed by atoms with Gasteiger partial charge in [0.15, 0.2) is 0 Å². The zero-order valence-electron chi connectivity index (χ0n) is 13.5. The second-order valence-corrected chi connectivity index (χ2v) is 6.39. The van der Waals surface area contributed by atoms with Crippen LogP contribution in [0.3, 0.4) is 0 Å². The predicted molar refractivity (Wildman–Crippen MR) is 87.1 cm³/mol. The summed E-state index contributed by atoms with van der Waals surface area (Å²) in [6, 6.07) is 10.6. The molecule has 1 aromatic heterocycles. The molecule has 0 atom stereocenters. The van der Waals surface area contributed by atoms with Crippen LogP contribution in [0.25, 0.3) is 0 Å². The van der Waals surface area contributed by atoms with Crippen molar-refractivity contribution in [2.75, 3.05) is 0 Å². The van der Waals surface area contributed by atoms with E-state index in [9.17, 15) is 4.79 Å². The largest absolute Gasteiger partial charge is 0.349 e. The van der Waals surface area contributed by atoms with E-state index in [0.717, 1.165) is 29.8 Å². The number of carbonyl (C=O) groups is 1. The van der Waals surface area contributed by atoms with E-state index < -0.39 is 0 Å². The number of hydrogen-bond acceptors (Lipinski definition) is 2. The molecule has 0 saturated heterocycles. The number of nitrogens with zero attached hydrogens (tertiary/aromatic N) is 2. The van der Waals surface area contributed by atoms with Crippen molar-refractivity contribution in [1.29, 1.82) is 0 Å². The molecule has 22 heavy (non-hydrogen) atoms. The Balaban J connectivity index is 1.94. The van der Waals surface area contributed by atoms with Crippen molar-refractivity contribution in [1.82, 2.24) is 15.1 Å². The first-order valence-corrected chi connectivity index (χ1v) is 7.98. The predicted octanol–water partition coefficient (Wildman–Crippen LogP) is 3.26. The van der Waals surface area contributed by atoms with Gasteiger partial charge in [0.1, 0.15) is 0 Å². The van der Waals surface area contributed by atoms with E-state index in [2.05, 4.69) is 36.4 Å². The lowest BCUT2D eigenvalue weighted by Gasteiger charge is -2.13. The first-order valence-electron chi connectivity index (χ1n) is 7.98. The summed E-state index contributed by atoms with van der Waals surface area (Å²) in [7, 11) is 0. The average molecular weight is 297 g/mol. The van der Waals surface area contributed by atoms with E-state index in [0.29, 0.717) is 12.6 Å². The molecule has 1 aliphatic carbocycles. The number of hydrogen-bond donors (Lipinski definition) is 1. The van der Waals surface area contributed by atoms with Crippen LogP contribution in [0.2, 0.25) is 0 Å². The number of rotatable bonds is 5. The van der Waals surface area contributed by atoms with Crippen molar-refractivity contribution in [2.45, 2.75) is 52.1 Å². The second kappa shape index (κ2) is 5.95. The Morgan fingerprint density at radius 3 is 2.59 bits per heavy atom. The summed E-state index contributed by atoms with van der Waals surface area (Å²) in [5.74, 6) is 0.285. The fourth-order valence-corrected chi connectivity index (χ4v) is 2.83. The third kappa shape index (κ3) is 3.06. The molecule has 3 rings (SSSR count). The third-order valence-corrected chi connectivity index (χ3v) is 4.03. The molecule has 4 nitrogen and oxygen atoms in total. The first-order chi connectivity index (χ1) is 10.6. The van der Waals surface area contributed by atoms with Gasteiger partial charge in [-0.2, -0.15) is 5.10 Å². The van der Waals surface area contributed by atoms with Crippen molar-refractivity contribution < 1.29 is 4.79 Å². The maximum atomic E-state index is 12.5. The summed E-state index contributed by atoms with van der Waals surface area (Å²) in [5.41, 5.74) is 3.80. The molecule has 1 aromatic carbocycles. The molecule has 116 valence electrons. The summed E-state index contributed by atoms with van der Waals surface area (Å²) in [6.45, 7) is 6.86. The maximum absolute atomic E-state index is 12.5. The highest BCUT2D eigenvalue weighted by Gasteiger charge is 2.28. The molecule has 1 fully saturated rings. The molecule has 0 unspecified atom stereocenters. The molecule has 0 bridgehead atoms. The van der Waals surface area contributed by atoms with E-state index in [1.165, 1.54) is 5.56 Å². The highest BCUT2D eigenvalue weighted by atomic mass is 16.1. The summed E-state index contributed by atoms with van der Waals surface area (Å²) in [5, 5.41) is 7.72. The van der Waals surface area contributed by atoms with Gasteiger partial charge in [-0.1, -0.05) is 44.2 Å². The molecule has 0 spiro atoms. The Hall–Kier alpha value is -2.10. The molecule has 1 aliphatic rings. The van der Waals surface area contributed by atoms with Crippen molar-refractivity contribution >= 4 is 5.91 Å². The Morgan fingerprint density at radius 1 is 1.32 bits per heavy atom. The number of carbonyl (C=O) groups excluding carboxylic acids is 1. The topological polar surface area (TPSA) is 46.9 Å². The van der Waals surface area contributed by atoms with Gasteiger partial charge in [0.2, 0.25) is 0 Å². The van der Waals surface area contributed by atoms with Crippen LogP contribution in [0.5, 0.6) is 0 Å². The molecule has 1 N–H and O–H groups in total. The van der Waals surface area contributed by atoms with Gasteiger partial charge in [-0.05, 0) is 31.2 Å².